The molecule has 1 aromatic rings. The van der Waals surface area contributed by atoms with Crippen molar-refractivity contribution < 1.29 is 75.0 Å². The van der Waals surface area contributed by atoms with E-state index < -0.39 is 155 Å². The molecule has 6 rings (SSSR count). The van der Waals surface area contributed by atoms with E-state index in [0.29, 0.717) is 57.1 Å². The molecule has 1 aromatic carbocycles. The summed E-state index contributed by atoms with van der Waals surface area (Å²) in [7, 11) is 8.67. The van der Waals surface area contributed by atoms with Crippen molar-refractivity contribution in [2.45, 2.75) is 224 Å². The minimum atomic E-state index is -4.99. The highest BCUT2D eigenvalue weighted by molar-refractivity contribution is 6.00. The topological polar surface area (TPSA) is 259 Å². The van der Waals surface area contributed by atoms with E-state index in [1.807, 2.05) is 27.7 Å². The van der Waals surface area contributed by atoms with E-state index in [1.54, 1.807) is 20.9 Å². The van der Waals surface area contributed by atoms with Gasteiger partial charge in [0.1, 0.15) is 59.7 Å². The zero-order chi connectivity index (χ0) is 69.1. The molecule has 0 unspecified atom stereocenters. The molecular weight excluding hydrogens is 1210 g/mol. The monoisotopic (exact) mass is 1320 g/mol. The number of halogens is 4. The van der Waals surface area contributed by atoms with E-state index in [2.05, 4.69) is 16.0 Å². The number of fused-ring (bicyclic) bond motifs is 2. The minimum Gasteiger partial charge on any atom is -0.379 e. The van der Waals surface area contributed by atoms with Gasteiger partial charge in [-0.15, -0.1) is 0 Å². The van der Waals surface area contributed by atoms with E-state index in [4.69, 9.17) is 4.74 Å². The first-order valence-electron chi connectivity index (χ1n) is 33.2. The number of carbonyl (C=O) groups excluding carboxylic acids is 11. The number of rotatable bonds is 12. The first kappa shape index (κ1) is 75.1. The molecule has 2 saturated carbocycles. The van der Waals surface area contributed by atoms with Crippen LogP contribution in [-0.2, 0) is 70.1 Å². The summed E-state index contributed by atoms with van der Waals surface area (Å²) in [5.41, 5.74) is -2.95. The Morgan fingerprint density at radius 1 is 0.667 bits per heavy atom. The van der Waals surface area contributed by atoms with Gasteiger partial charge in [-0.1, -0.05) is 72.8 Å². The van der Waals surface area contributed by atoms with Crippen molar-refractivity contribution in [3.63, 3.8) is 0 Å². The van der Waals surface area contributed by atoms with Crippen molar-refractivity contribution in [2.75, 3.05) is 75.1 Å². The fraction of sp³-hybridized carbons (Fsp3) is 0.742. The van der Waals surface area contributed by atoms with Gasteiger partial charge in [0.05, 0.1) is 18.7 Å². The first-order chi connectivity index (χ1) is 43.7. The molecule has 520 valence electrons. The summed E-state index contributed by atoms with van der Waals surface area (Å²) in [6.45, 7) is 11.7. The second-order valence-electron chi connectivity index (χ2n) is 27.1. The Morgan fingerprint density at radius 3 is 1.89 bits per heavy atom. The Kier molecular flexibility index (Phi) is 26.2. The molecule has 3 saturated heterocycles. The van der Waals surface area contributed by atoms with Crippen LogP contribution in [0.15, 0.2) is 18.2 Å². The maximum Gasteiger partial charge on any atom is 0.419 e. The number of alkyl halides is 3. The van der Waals surface area contributed by atoms with Crippen molar-refractivity contribution in [3.05, 3.63) is 35.1 Å². The van der Waals surface area contributed by atoms with Gasteiger partial charge in [-0.3, -0.25) is 52.7 Å². The molecule has 11 amide bonds. The summed E-state index contributed by atoms with van der Waals surface area (Å²) >= 11 is 0. The van der Waals surface area contributed by atoms with E-state index in [-0.39, 0.29) is 95.1 Å². The highest BCUT2D eigenvalue weighted by atomic mass is 19.4. The maximum atomic E-state index is 15.3. The first-order valence-corrected chi connectivity index (χ1v) is 33.2. The fourth-order valence-electron chi connectivity index (χ4n) is 13.7. The summed E-state index contributed by atoms with van der Waals surface area (Å²) in [6, 6.07) is -7.97. The Balaban J connectivity index is 1.39. The third-order valence-electron chi connectivity index (χ3n) is 20.1. The molecule has 27 heteroatoms. The Hall–Kier alpha value is -6.93. The van der Waals surface area contributed by atoms with Crippen LogP contribution >= 0.6 is 0 Å². The quantitative estimate of drug-likeness (QED) is 0.193. The molecule has 5 aliphatic rings. The molecule has 0 bridgehead atoms. The molecule has 93 heavy (non-hydrogen) atoms. The number of amides is 11. The molecule has 3 heterocycles. The number of hydrogen-bond donors (Lipinski definition) is 3. The fourth-order valence-corrected chi connectivity index (χ4v) is 13.7. The largest absolute Gasteiger partial charge is 0.419 e. The SMILES string of the molecule is CCCOC[C@H]1C(=O)N(C)CC(=O)N[C@@H](CCc2ccc(C(F)(F)F)c(F)c2)C(=O)N2CCC[C@H]2C(=O)NC2(CCCC2)C(=O)N(C)[C@@H](C2CCCC2)C(=O)N(C)[C@H](C)CC(=O)N(C)[C@@H](CC(C)C)C(=O)N[C@@H]([C@@H](C)CC)C(=O)N(C)[C@@H](C)C(=O)N2CC[C@H]2C(=O)N1C. The molecule has 3 N–H and O–H groups in total. The van der Waals surface area contributed by atoms with E-state index in [0.717, 1.165) is 28.7 Å². The average Bonchev–Trinajstić information content (AvgIpc) is 1.77. The number of hydrogen-bond acceptors (Lipinski definition) is 12. The van der Waals surface area contributed by atoms with Crippen molar-refractivity contribution in [2.24, 2.45) is 17.8 Å². The summed E-state index contributed by atoms with van der Waals surface area (Å²) in [5.74, 6) is -9.35. The lowest BCUT2D eigenvalue weighted by Gasteiger charge is -2.45. The van der Waals surface area contributed by atoms with Gasteiger partial charge in [-0.25, -0.2) is 4.39 Å². The lowest BCUT2D eigenvalue weighted by molar-refractivity contribution is -0.161. The lowest BCUT2D eigenvalue weighted by Crippen LogP contribution is -2.65. The Bertz CT molecular complexity index is 2890. The zero-order valence-electron chi connectivity index (χ0n) is 56.7. The van der Waals surface area contributed by atoms with Crippen LogP contribution in [0, 0.1) is 23.6 Å². The van der Waals surface area contributed by atoms with Crippen LogP contribution in [0.2, 0.25) is 0 Å². The second-order valence-corrected chi connectivity index (χ2v) is 27.1. The normalized spacial score (nSPS) is 27.8. The third-order valence-corrected chi connectivity index (χ3v) is 20.1. The van der Waals surface area contributed by atoms with Crippen molar-refractivity contribution in [1.29, 1.82) is 0 Å². The number of carbonyl (C=O) groups is 11. The molecule has 2 aliphatic carbocycles. The maximum absolute atomic E-state index is 15.3. The smallest absolute Gasteiger partial charge is 0.379 e. The standard InChI is InChI=1S/C66H101F4N11O12/c1-14-33-93-38-51-60(88)74(8)37-52(82)71-47(27-25-43-24-26-45(46(67)36-43)66(68,69)70)59(87)80-31-20-23-48(80)57(85)73-65(29-18-19-30-65)64(92)79(13)55(44-21-16-17-22-44)63(91)75(9)41(6)35-53(83)77(11)50(34-39(3)4)56(84)72-54(40(5)15-2)62(90)76(10)42(7)58(86)81-32-28-49(81)61(89)78(51)12/h24,26,36,39-42,44,47-51,54-55H,14-23,25,27-35,37-38H2,1-13H3,(H,71,82)(H,72,84)(H,73,85)/t40-,41+,42-,47-,48-,49-,50-,51-,54-,55-/m0/s1. The molecule has 0 aromatic heterocycles. The summed E-state index contributed by atoms with van der Waals surface area (Å²) in [4.78, 5) is 172. The predicted molar refractivity (Wildman–Crippen MR) is 336 cm³/mol. The second kappa shape index (κ2) is 32.5. The number of likely N-dealkylation sites (N-methyl/N-ethyl adjacent to an activating group) is 6. The van der Waals surface area contributed by atoms with E-state index in [1.165, 1.54) is 71.6 Å². The Morgan fingerprint density at radius 2 is 1.31 bits per heavy atom. The summed E-state index contributed by atoms with van der Waals surface area (Å²) in [5, 5.41) is 8.63. The highest BCUT2D eigenvalue weighted by Gasteiger charge is 2.51. The van der Waals surface area contributed by atoms with Gasteiger partial charge < -0.3 is 59.9 Å². The minimum absolute atomic E-state index is 0.0142. The zero-order valence-corrected chi connectivity index (χ0v) is 56.7. The predicted octanol–water partition coefficient (Wildman–Crippen LogP) is 4.51. The van der Waals surface area contributed by atoms with Crippen LogP contribution in [0.4, 0.5) is 17.6 Å². The molecular formula is C66H101F4N11O12. The average molecular weight is 1320 g/mol. The lowest BCUT2D eigenvalue weighted by atomic mass is 9.90. The van der Waals surface area contributed by atoms with Gasteiger partial charge >= 0.3 is 6.18 Å². The highest BCUT2D eigenvalue weighted by Crippen LogP contribution is 2.38. The third kappa shape index (κ3) is 17.7. The van der Waals surface area contributed by atoms with Crippen LogP contribution in [-0.4, -0.2) is 239 Å². The number of aryl methyl sites for hydroxylation is 1. The van der Waals surface area contributed by atoms with Crippen molar-refractivity contribution >= 4 is 65.0 Å². The van der Waals surface area contributed by atoms with Crippen molar-refractivity contribution in [3.8, 4) is 0 Å². The van der Waals surface area contributed by atoms with Gasteiger partial charge in [0, 0.05) is 74.4 Å². The van der Waals surface area contributed by atoms with Gasteiger partial charge in [0.2, 0.25) is 65.0 Å². The number of benzene rings is 1. The molecule has 0 radical (unpaired) electrons. The van der Waals surface area contributed by atoms with E-state index in [9.17, 15) is 55.9 Å². The Labute approximate surface area is 545 Å². The summed E-state index contributed by atoms with van der Waals surface area (Å²) < 4.78 is 61.7. The number of ether oxygens (including phenoxy) is 1. The van der Waals surface area contributed by atoms with E-state index >= 15 is 14.4 Å². The van der Waals surface area contributed by atoms with Gasteiger partial charge in [0.15, 0.2) is 0 Å². The van der Waals surface area contributed by atoms with Crippen LogP contribution in [0.3, 0.4) is 0 Å². The van der Waals surface area contributed by atoms with Gasteiger partial charge in [-0.05, 0) is 120 Å². The van der Waals surface area contributed by atoms with Crippen LogP contribution in [0.25, 0.3) is 0 Å². The molecule has 5 fully saturated rings. The van der Waals surface area contributed by atoms with Crippen molar-refractivity contribution in [1.82, 2.24) is 55.1 Å². The number of nitrogens with one attached hydrogen (secondary N) is 3. The molecule has 10 atom stereocenters. The molecule has 3 aliphatic heterocycles. The van der Waals surface area contributed by atoms with Crippen LogP contribution in [0.1, 0.15) is 162 Å². The molecule has 1 spiro atoms. The van der Waals surface area contributed by atoms with Crippen LogP contribution in [0.5, 0.6) is 0 Å². The van der Waals surface area contributed by atoms with Gasteiger partial charge in [0.25, 0.3) is 0 Å². The van der Waals surface area contributed by atoms with Gasteiger partial charge in [-0.2, -0.15) is 13.2 Å². The summed E-state index contributed by atoms with van der Waals surface area (Å²) in [6.07, 6.45) is 0.385. The van der Waals surface area contributed by atoms with Crippen LogP contribution < -0.4 is 16.0 Å². The molecule has 23 nitrogen and oxygen atoms in total. The number of nitrogens with zero attached hydrogens (tertiary/aromatic N) is 8.